The quantitative estimate of drug-likeness (QED) is 0.315. The van der Waals surface area contributed by atoms with Gasteiger partial charge in [-0.3, -0.25) is 9.59 Å². The van der Waals surface area contributed by atoms with Crippen molar-refractivity contribution in [1.82, 2.24) is 0 Å². The number of hydrogen-bond donors (Lipinski definition) is 2. The summed E-state index contributed by atoms with van der Waals surface area (Å²) < 4.78 is 0. The van der Waals surface area contributed by atoms with Gasteiger partial charge in [-0.05, 0) is 48.5 Å². The van der Waals surface area contributed by atoms with Crippen LogP contribution in [0.3, 0.4) is 0 Å². The average molecular weight is 457 g/mol. The molecular formula is C26H16O4S2. The van der Waals surface area contributed by atoms with Crippen LogP contribution in [0, 0.1) is 0 Å². The minimum Gasteiger partial charge on any atom is -0.507 e. The lowest BCUT2D eigenvalue weighted by Crippen LogP contribution is -2.23. The molecule has 0 fully saturated rings. The maximum Gasteiger partial charge on any atom is 0.199 e. The van der Waals surface area contributed by atoms with Gasteiger partial charge in [0.1, 0.15) is 11.5 Å². The number of aromatic hydroxyl groups is 2. The molecule has 0 aromatic heterocycles. The molecule has 0 spiro atoms. The van der Waals surface area contributed by atoms with Crippen molar-refractivity contribution < 1.29 is 19.8 Å². The van der Waals surface area contributed by atoms with Gasteiger partial charge in [-0.2, -0.15) is 0 Å². The van der Waals surface area contributed by atoms with E-state index in [1.807, 2.05) is 72.8 Å². The van der Waals surface area contributed by atoms with Gasteiger partial charge < -0.3 is 10.2 Å². The van der Waals surface area contributed by atoms with Gasteiger partial charge in [0.25, 0.3) is 0 Å². The molecule has 0 bridgehead atoms. The summed E-state index contributed by atoms with van der Waals surface area (Å²) in [6.07, 6.45) is 0. The summed E-state index contributed by atoms with van der Waals surface area (Å²) >= 11 is 2.76. The third-order valence-electron chi connectivity index (χ3n) is 5.14. The molecule has 0 amide bonds. The van der Waals surface area contributed by atoms with Crippen molar-refractivity contribution in [3.63, 3.8) is 0 Å². The highest BCUT2D eigenvalue weighted by Gasteiger charge is 2.38. The van der Waals surface area contributed by atoms with Gasteiger partial charge in [0.15, 0.2) is 11.6 Å². The summed E-state index contributed by atoms with van der Waals surface area (Å²) in [5.41, 5.74) is 0.190. The second kappa shape index (κ2) is 8.22. The molecule has 6 heteroatoms. The van der Waals surface area contributed by atoms with Gasteiger partial charge in [0.2, 0.25) is 0 Å². The second-order valence-corrected chi connectivity index (χ2v) is 9.38. The first kappa shape index (κ1) is 20.4. The summed E-state index contributed by atoms with van der Waals surface area (Å²) in [6.45, 7) is 0. The summed E-state index contributed by atoms with van der Waals surface area (Å²) in [6, 6.07) is 25.3. The molecule has 4 nitrogen and oxygen atoms in total. The molecule has 156 valence electrons. The van der Waals surface area contributed by atoms with Gasteiger partial charge in [-0.25, -0.2) is 0 Å². The van der Waals surface area contributed by atoms with E-state index < -0.39 is 11.6 Å². The van der Waals surface area contributed by atoms with E-state index in [0.717, 1.165) is 9.79 Å². The summed E-state index contributed by atoms with van der Waals surface area (Å²) in [4.78, 5) is 30.3. The SMILES string of the molecule is O=C1c2c(O)ccc(O)c2C(=O)c2c(Sc3ccccc3)ccc(Sc3ccccc3)c21. The van der Waals surface area contributed by atoms with Crippen LogP contribution in [0.4, 0.5) is 0 Å². The van der Waals surface area contributed by atoms with E-state index in [0.29, 0.717) is 9.79 Å². The maximum atomic E-state index is 13.6. The molecule has 4 aromatic carbocycles. The van der Waals surface area contributed by atoms with Crippen LogP contribution in [-0.4, -0.2) is 21.8 Å². The number of benzene rings is 4. The monoisotopic (exact) mass is 456 g/mol. The minimum atomic E-state index is -0.475. The minimum absolute atomic E-state index is 0.153. The molecule has 0 radical (unpaired) electrons. The Balaban J connectivity index is 1.73. The molecule has 0 unspecified atom stereocenters. The Morgan fingerprint density at radius 3 is 1.22 bits per heavy atom. The van der Waals surface area contributed by atoms with Crippen molar-refractivity contribution in [2.45, 2.75) is 19.6 Å². The molecule has 2 N–H and O–H groups in total. The lowest BCUT2D eigenvalue weighted by atomic mass is 9.83. The Morgan fingerprint density at radius 2 is 0.844 bits per heavy atom. The molecule has 0 aliphatic heterocycles. The molecule has 0 heterocycles. The second-order valence-electron chi connectivity index (χ2n) is 7.15. The summed E-state index contributed by atoms with van der Waals surface area (Å²) in [5, 5.41) is 20.8. The van der Waals surface area contributed by atoms with Crippen LogP contribution in [0.25, 0.3) is 0 Å². The topological polar surface area (TPSA) is 74.6 Å². The Bertz CT molecular complexity index is 1260. The fourth-order valence-corrected chi connectivity index (χ4v) is 5.67. The average Bonchev–Trinajstić information content (AvgIpc) is 2.81. The van der Waals surface area contributed by atoms with Crippen LogP contribution in [0.15, 0.2) is 105 Å². The third-order valence-corrected chi connectivity index (χ3v) is 7.28. The molecule has 5 rings (SSSR count). The number of fused-ring (bicyclic) bond motifs is 2. The van der Waals surface area contributed by atoms with Crippen LogP contribution in [-0.2, 0) is 0 Å². The normalized spacial score (nSPS) is 12.4. The largest absolute Gasteiger partial charge is 0.507 e. The third kappa shape index (κ3) is 3.47. The molecule has 4 aromatic rings. The molecule has 1 aliphatic carbocycles. The van der Waals surface area contributed by atoms with E-state index in [-0.39, 0.29) is 33.8 Å². The standard InChI is InChI=1S/C26H16O4S2/c27-17-11-12-18(28)22-21(17)25(29)23-19(31-15-7-3-1-4-8-15)13-14-20(24(23)26(22)30)32-16-9-5-2-6-10-16/h1-14,27-28H. The molecule has 1 aliphatic rings. The first-order valence-electron chi connectivity index (χ1n) is 9.81. The molecule has 0 saturated carbocycles. The van der Waals surface area contributed by atoms with Crippen LogP contribution in [0.5, 0.6) is 11.5 Å². The Labute approximate surface area is 192 Å². The first-order chi connectivity index (χ1) is 15.5. The van der Waals surface area contributed by atoms with E-state index in [2.05, 4.69) is 0 Å². The number of phenolic OH excluding ortho intramolecular Hbond substituents is 2. The summed E-state index contributed by atoms with van der Waals surface area (Å²) in [5.74, 6) is -1.59. The highest BCUT2D eigenvalue weighted by Crippen LogP contribution is 2.45. The van der Waals surface area contributed by atoms with Crippen molar-refractivity contribution >= 4 is 35.1 Å². The van der Waals surface area contributed by atoms with Crippen LogP contribution in [0.2, 0.25) is 0 Å². The lowest BCUT2D eigenvalue weighted by molar-refractivity contribution is 0.0969. The smallest absolute Gasteiger partial charge is 0.199 e. The fourth-order valence-electron chi connectivity index (χ4n) is 3.71. The first-order valence-corrected chi connectivity index (χ1v) is 11.4. The Morgan fingerprint density at radius 1 is 0.469 bits per heavy atom. The van der Waals surface area contributed by atoms with E-state index >= 15 is 0 Å². The predicted molar refractivity (Wildman–Crippen MR) is 124 cm³/mol. The Kier molecular flexibility index (Phi) is 5.25. The number of ketones is 2. The molecule has 32 heavy (non-hydrogen) atoms. The van der Waals surface area contributed by atoms with E-state index in [1.54, 1.807) is 0 Å². The van der Waals surface area contributed by atoms with Crippen molar-refractivity contribution in [2.75, 3.05) is 0 Å². The van der Waals surface area contributed by atoms with Crippen LogP contribution >= 0.6 is 23.5 Å². The van der Waals surface area contributed by atoms with Crippen molar-refractivity contribution in [3.05, 3.63) is 107 Å². The zero-order valence-electron chi connectivity index (χ0n) is 16.6. The highest BCUT2D eigenvalue weighted by molar-refractivity contribution is 8.00. The van der Waals surface area contributed by atoms with Gasteiger partial charge in [0, 0.05) is 30.7 Å². The lowest BCUT2D eigenvalue weighted by Gasteiger charge is -2.23. The van der Waals surface area contributed by atoms with Crippen molar-refractivity contribution in [2.24, 2.45) is 0 Å². The number of carbonyl (C=O) groups excluding carboxylic acids is 2. The zero-order chi connectivity index (χ0) is 22.2. The number of carbonyl (C=O) groups is 2. The number of hydrogen-bond acceptors (Lipinski definition) is 6. The predicted octanol–water partition coefficient (Wildman–Crippen LogP) is 6.18. The Hall–Kier alpha value is -3.48. The zero-order valence-corrected chi connectivity index (χ0v) is 18.2. The molecule has 0 atom stereocenters. The van der Waals surface area contributed by atoms with Gasteiger partial charge in [-0.15, -0.1) is 0 Å². The summed E-state index contributed by atoms with van der Waals surface area (Å²) in [7, 11) is 0. The number of phenols is 2. The van der Waals surface area contributed by atoms with Gasteiger partial charge in [-0.1, -0.05) is 59.9 Å². The highest BCUT2D eigenvalue weighted by atomic mass is 32.2. The van der Waals surface area contributed by atoms with Crippen LogP contribution in [0.1, 0.15) is 31.8 Å². The number of rotatable bonds is 4. The van der Waals surface area contributed by atoms with E-state index in [9.17, 15) is 19.8 Å². The van der Waals surface area contributed by atoms with Gasteiger partial charge in [0.05, 0.1) is 11.1 Å². The van der Waals surface area contributed by atoms with Crippen LogP contribution < -0.4 is 0 Å². The fraction of sp³-hybridized carbons (Fsp3) is 0. The van der Waals surface area contributed by atoms with E-state index in [1.165, 1.54) is 35.7 Å². The maximum absolute atomic E-state index is 13.6. The molecule has 0 saturated heterocycles. The molecular weight excluding hydrogens is 440 g/mol. The van der Waals surface area contributed by atoms with E-state index in [4.69, 9.17) is 0 Å². The van der Waals surface area contributed by atoms with Crippen molar-refractivity contribution in [1.29, 1.82) is 0 Å². The van der Waals surface area contributed by atoms with Gasteiger partial charge >= 0.3 is 0 Å². The van der Waals surface area contributed by atoms with Crippen molar-refractivity contribution in [3.8, 4) is 11.5 Å².